The summed E-state index contributed by atoms with van der Waals surface area (Å²) in [6.07, 6.45) is 0. The Hall–Kier alpha value is -1.96. The lowest BCUT2D eigenvalue weighted by Crippen LogP contribution is -1.85. The summed E-state index contributed by atoms with van der Waals surface area (Å²) in [5.74, 6) is 1.63. The minimum Gasteiger partial charge on any atom is -0.457 e. The van der Waals surface area contributed by atoms with E-state index in [1.54, 1.807) is 0 Å². The number of rotatable bonds is 2. The molecule has 0 fully saturated rings. The van der Waals surface area contributed by atoms with Crippen LogP contribution in [0.1, 0.15) is 27.7 Å². The minimum atomic E-state index is 0.741. The maximum atomic E-state index is 5.58. The molecule has 2 aromatic carbocycles. The van der Waals surface area contributed by atoms with Gasteiger partial charge < -0.3 is 10.5 Å². The van der Waals surface area contributed by atoms with Crippen LogP contribution in [0.3, 0.4) is 0 Å². The van der Waals surface area contributed by atoms with E-state index < -0.39 is 0 Å². The van der Waals surface area contributed by atoms with Crippen molar-refractivity contribution in [1.82, 2.24) is 0 Å². The Balaban J connectivity index is 0.000000659. The van der Waals surface area contributed by atoms with E-state index in [-0.39, 0.29) is 0 Å². The van der Waals surface area contributed by atoms with Gasteiger partial charge in [0.1, 0.15) is 11.5 Å². The molecule has 0 aliphatic heterocycles. The molecule has 2 rings (SSSR count). The Morgan fingerprint density at radius 1 is 0.667 bits per heavy atom. The highest BCUT2D eigenvalue weighted by atomic mass is 16.5. The summed E-state index contributed by atoms with van der Waals surface area (Å²) >= 11 is 0. The molecule has 0 aliphatic rings. The van der Waals surface area contributed by atoms with Crippen LogP contribution in [0.5, 0.6) is 11.5 Å². The van der Waals surface area contributed by atoms with Gasteiger partial charge in [-0.1, -0.05) is 45.9 Å². The Morgan fingerprint density at radius 2 is 1.11 bits per heavy atom. The monoisotopic (exact) mass is 245 g/mol. The van der Waals surface area contributed by atoms with Crippen molar-refractivity contribution in [2.45, 2.75) is 27.7 Å². The number of nitrogen functional groups attached to an aromatic ring is 1. The van der Waals surface area contributed by atoms with Crippen LogP contribution in [0.15, 0.2) is 54.6 Å². The fraction of sp³-hybridized carbons (Fsp3) is 0.250. The van der Waals surface area contributed by atoms with Crippen LogP contribution in [0, 0.1) is 0 Å². The molecule has 0 aliphatic carbocycles. The highest BCUT2D eigenvalue weighted by Gasteiger charge is 1.94. The van der Waals surface area contributed by atoms with Crippen molar-refractivity contribution in [2.24, 2.45) is 0 Å². The molecule has 18 heavy (non-hydrogen) atoms. The van der Waals surface area contributed by atoms with Gasteiger partial charge in [-0.25, -0.2) is 0 Å². The predicted molar refractivity (Wildman–Crippen MR) is 80.1 cm³/mol. The van der Waals surface area contributed by atoms with E-state index in [2.05, 4.69) is 0 Å². The molecule has 0 bridgehead atoms. The quantitative estimate of drug-likeness (QED) is 0.746. The lowest BCUT2D eigenvalue weighted by atomic mass is 10.3. The number of hydrogen-bond donors (Lipinski definition) is 1. The van der Waals surface area contributed by atoms with Crippen LogP contribution < -0.4 is 10.5 Å². The average Bonchev–Trinajstić information content (AvgIpc) is 2.47. The maximum absolute atomic E-state index is 5.58. The first kappa shape index (κ1) is 16.0. The van der Waals surface area contributed by atoms with Gasteiger partial charge in [-0.3, -0.25) is 0 Å². The van der Waals surface area contributed by atoms with E-state index in [1.807, 2.05) is 82.3 Å². The zero-order chi connectivity index (χ0) is 13.8. The highest BCUT2D eigenvalue weighted by Crippen LogP contribution is 2.21. The van der Waals surface area contributed by atoms with Gasteiger partial charge in [-0.15, -0.1) is 0 Å². The van der Waals surface area contributed by atoms with Gasteiger partial charge in [0.25, 0.3) is 0 Å². The van der Waals surface area contributed by atoms with Crippen LogP contribution in [0.4, 0.5) is 5.69 Å². The molecule has 0 aromatic heterocycles. The first-order chi connectivity index (χ1) is 8.84. The van der Waals surface area contributed by atoms with E-state index >= 15 is 0 Å². The van der Waals surface area contributed by atoms with Crippen molar-refractivity contribution in [2.75, 3.05) is 5.73 Å². The summed E-state index contributed by atoms with van der Waals surface area (Å²) in [6, 6.07) is 17.0. The second-order valence-corrected chi connectivity index (χ2v) is 2.98. The van der Waals surface area contributed by atoms with Crippen LogP contribution in [0.25, 0.3) is 0 Å². The summed E-state index contributed by atoms with van der Waals surface area (Å²) in [4.78, 5) is 0. The van der Waals surface area contributed by atoms with Gasteiger partial charge in [0, 0.05) is 5.69 Å². The smallest absolute Gasteiger partial charge is 0.127 e. The van der Waals surface area contributed by atoms with Crippen molar-refractivity contribution in [3.8, 4) is 11.5 Å². The van der Waals surface area contributed by atoms with Crippen molar-refractivity contribution in [3.05, 3.63) is 54.6 Å². The number of nitrogens with two attached hydrogens (primary N) is 1. The molecule has 2 heteroatoms. The third-order valence-corrected chi connectivity index (χ3v) is 1.86. The number of ether oxygens (including phenoxy) is 1. The summed E-state index contributed by atoms with van der Waals surface area (Å²) < 4.78 is 5.58. The Morgan fingerprint density at radius 3 is 1.61 bits per heavy atom. The lowest BCUT2D eigenvalue weighted by molar-refractivity contribution is 0.483. The maximum Gasteiger partial charge on any atom is 0.127 e. The summed E-state index contributed by atoms with van der Waals surface area (Å²) in [7, 11) is 0. The molecule has 2 N–H and O–H groups in total. The predicted octanol–water partition coefficient (Wildman–Crippen LogP) is 5.11. The van der Waals surface area contributed by atoms with Crippen LogP contribution in [0.2, 0.25) is 0 Å². The second kappa shape index (κ2) is 10.2. The zero-order valence-electron chi connectivity index (χ0n) is 11.7. The number of para-hydroxylation sites is 1. The molecule has 2 aromatic rings. The van der Waals surface area contributed by atoms with Gasteiger partial charge in [-0.2, -0.15) is 0 Å². The molecule has 0 radical (unpaired) electrons. The molecule has 2 nitrogen and oxygen atoms in total. The van der Waals surface area contributed by atoms with Crippen molar-refractivity contribution in [1.29, 1.82) is 0 Å². The van der Waals surface area contributed by atoms with Gasteiger partial charge in [0.15, 0.2) is 0 Å². The third-order valence-electron chi connectivity index (χ3n) is 1.86. The molecule has 0 spiro atoms. The van der Waals surface area contributed by atoms with E-state index in [0.29, 0.717) is 0 Å². The summed E-state index contributed by atoms with van der Waals surface area (Å²) in [6.45, 7) is 8.00. The molecule has 0 heterocycles. The SMILES string of the molecule is CC.CC.Nc1ccc(Oc2ccccc2)cc1. The molecule has 0 saturated carbocycles. The lowest BCUT2D eigenvalue weighted by Gasteiger charge is -2.04. The molecule has 0 saturated heterocycles. The molecule has 0 unspecified atom stereocenters. The molecule has 0 atom stereocenters. The summed E-state index contributed by atoms with van der Waals surface area (Å²) in [5, 5.41) is 0. The average molecular weight is 245 g/mol. The first-order valence-corrected chi connectivity index (χ1v) is 6.43. The first-order valence-electron chi connectivity index (χ1n) is 6.43. The molecule has 0 amide bonds. The second-order valence-electron chi connectivity index (χ2n) is 2.98. The Labute approximate surface area is 110 Å². The molecular weight excluding hydrogens is 222 g/mol. The highest BCUT2D eigenvalue weighted by molar-refractivity contribution is 5.42. The van der Waals surface area contributed by atoms with Crippen LogP contribution in [-0.4, -0.2) is 0 Å². The van der Waals surface area contributed by atoms with Gasteiger partial charge in [0.05, 0.1) is 0 Å². The fourth-order valence-corrected chi connectivity index (χ4v) is 1.16. The van der Waals surface area contributed by atoms with E-state index in [4.69, 9.17) is 10.5 Å². The number of benzene rings is 2. The van der Waals surface area contributed by atoms with Crippen molar-refractivity contribution < 1.29 is 4.74 Å². The molecule has 98 valence electrons. The van der Waals surface area contributed by atoms with Crippen molar-refractivity contribution >= 4 is 5.69 Å². The van der Waals surface area contributed by atoms with Gasteiger partial charge in [-0.05, 0) is 36.4 Å². The Kier molecular flexibility index (Phi) is 9.10. The molecular formula is C16H23NO. The van der Waals surface area contributed by atoms with Crippen LogP contribution in [-0.2, 0) is 0 Å². The van der Waals surface area contributed by atoms with E-state index in [9.17, 15) is 0 Å². The van der Waals surface area contributed by atoms with Gasteiger partial charge >= 0.3 is 0 Å². The largest absolute Gasteiger partial charge is 0.457 e. The Bertz CT molecular complexity index is 395. The zero-order valence-corrected chi connectivity index (χ0v) is 11.7. The normalized spacial score (nSPS) is 8.22. The van der Waals surface area contributed by atoms with E-state index in [1.165, 1.54) is 0 Å². The third kappa shape index (κ3) is 5.94. The van der Waals surface area contributed by atoms with Crippen molar-refractivity contribution in [3.63, 3.8) is 0 Å². The standard InChI is InChI=1S/C12H11NO.2C2H6/c13-10-6-8-12(9-7-10)14-11-4-2-1-3-5-11;2*1-2/h1-9H,13H2;2*1-2H3. The van der Waals surface area contributed by atoms with Crippen LogP contribution >= 0.6 is 0 Å². The summed E-state index contributed by atoms with van der Waals surface area (Å²) in [5.41, 5.74) is 6.31. The number of hydrogen-bond acceptors (Lipinski definition) is 2. The fourth-order valence-electron chi connectivity index (χ4n) is 1.16. The number of anilines is 1. The van der Waals surface area contributed by atoms with Gasteiger partial charge in [0.2, 0.25) is 0 Å². The van der Waals surface area contributed by atoms with E-state index in [0.717, 1.165) is 17.2 Å². The minimum absolute atomic E-state index is 0.741. The topological polar surface area (TPSA) is 35.2 Å².